The van der Waals surface area contributed by atoms with Crippen LogP contribution in [-0.2, 0) is 33.4 Å². The second-order valence-electron chi connectivity index (χ2n) is 12.2. The summed E-state index contributed by atoms with van der Waals surface area (Å²) >= 11 is 0. The van der Waals surface area contributed by atoms with Crippen LogP contribution in [0.3, 0.4) is 0 Å². The molecule has 0 spiro atoms. The normalized spacial score (nSPS) is 39.0. The van der Waals surface area contributed by atoms with Gasteiger partial charge in [0, 0.05) is 29.7 Å². The number of allylic oxidation sites excluding steroid dienone is 1. The van der Waals surface area contributed by atoms with Crippen molar-refractivity contribution in [3.8, 4) is 0 Å². The zero-order valence-electron chi connectivity index (χ0n) is 23.0. The third kappa shape index (κ3) is 3.48. The van der Waals surface area contributed by atoms with E-state index in [0.717, 1.165) is 0 Å². The first-order valence-electron chi connectivity index (χ1n) is 13.3. The Bertz CT molecular complexity index is 1330. The van der Waals surface area contributed by atoms with E-state index in [-0.39, 0.29) is 23.3 Å². The number of ether oxygens (including phenoxy) is 3. The highest BCUT2D eigenvalue weighted by Crippen LogP contribution is 2.64. The number of carbonyl (C=O) groups is 5. The summed E-state index contributed by atoms with van der Waals surface area (Å²) in [6.45, 7) is 9.17. The molecule has 0 unspecified atom stereocenters. The zero-order valence-corrected chi connectivity index (χ0v) is 23.0. The SMILES string of the molecule is CC(=O)O[C@@]12CO[C@@H]1C[C@H](C)[C@@]1(C)C(=O)C(=O)C3=C(C)C(=O)C[C@@](O)([C@@H](OC(=O)c4ccccc4)[C@H]21)C3(C)C. The fraction of sp³-hybridized carbons (Fsp3) is 0.567. The molecule has 2 saturated carbocycles. The number of hydrogen-bond acceptors (Lipinski definition) is 9. The number of benzene rings is 1. The smallest absolute Gasteiger partial charge is 0.338 e. The first kappa shape index (κ1) is 27.4. The number of Topliss-reactive ketones (excluding diaryl/α,β-unsaturated/α-hetero) is 3. The van der Waals surface area contributed by atoms with Gasteiger partial charge in [-0.15, -0.1) is 0 Å². The number of hydrogen-bond donors (Lipinski definition) is 1. The molecule has 4 aliphatic rings. The summed E-state index contributed by atoms with van der Waals surface area (Å²) in [4.78, 5) is 67.7. The van der Waals surface area contributed by atoms with Crippen molar-refractivity contribution in [2.75, 3.05) is 6.61 Å². The van der Waals surface area contributed by atoms with Gasteiger partial charge in [0.1, 0.15) is 17.8 Å². The molecule has 2 bridgehead atoms. The minimum atomic E-state index is -2.12. The van der Waals surface area contributed by atoms with Gasteiger partial charge in [0.15, 0.2) is 11.4 Å². The summed E-state index contributed by atoms with van der Waals surface area (Å²) in [7, 11) is 0. The molecule has 5 rings (SSSR count). The summed E-state index contributed by atoms with van der Waals surface area (Å²) in [6.07, 6.45) is -2.32. The lowest BCUT2D eigenvalue weighted by atomic mass is 9.43. The van der Waals surface area contributed by atoms with Crippen LogP contribution < -0.4 is 0 Å². The molecule has 0 aromatic heterocycles. The largest absolute Gasteiger partial charge is 0.455 e. The standard InChI is InChI=1S/C30H34O9/c1-15-12-20-29(14-37-20,39-17(3)31)23-25(38-26(35)18-10-8-7-9-11-18)30(36)13-19(32)16(2)21(27(30,4)5)22(33)24(34)28(15,23)6/h7-11,15,20,23,25,36H,12-14H2,1-6H3/t15-,20+,23-,25-,28+,29-,30+/m0/s1. The maximum absolute atomic E-state index is 14.3. The van der Waals surface area contributed by atoms with Crippen molar-refractivity contribution in [3.63, 3.8) is 0 Å². The van der Waals surface area contributed by atoms with Crippen LogP contribution in [0, 0.1) is 22.7 Å². The minimum Gasteiger partial charge on any atom is -0.455 e. The van der Waals surface area contributed by atoms with Crippen LogP contribution >= 0.6 is 0 Å². The van der Waals surface area contributed by atoms with Crippen molar-refractivity contribution in [2.24, 2.45) is 22.7 Å². The fourth-order valence-corrected chi connectivity index (χ4v) is 7.56. The number of carbonyl (C=O) groups excluding carboxylic acids is 5. The van der Waals surface area contributed by atoms with Crippen molar-refractivity contribution in [2.45, 2.75) is 77.8 Å². The summed E-state index contributed by atoms with van der Waals surface area (Å²) in [6, 6.07) is 8.16. The van der Waals surface area contributed by atoms with Gasteiger partial charge in [-0.05, 0) is 37.0 Å². The zero-order chi connectivity index (χ0) is 28.7. The van der Waals surface area contributed by atoms with E-state index in [0.29, 0.717) is 6.42 Å². The third-order valence-electron chi connectivity index (χ3n) is 10.0. The summed E-state index contributed by atoms with van der Waals surface area (Å²) in [5.41, 5.74) is -6.34. The van der Waals surface area contributed by atoms with E-state index in [1.54, 1.807) is 58.0 Å². The molecule has 9 heteroatoms. The van der Waals surface area contributed by atoms with Crippen LogP contribution in [0.2, 0.25) is 0 Å². The number of aliphatic hydroxyl groups is 1. The lowest BCUT2D eigenvalue weighted by molar-refractivity contribution is -0.336. The molecule has 208 valence electrons. The van der Waals surface area contributed by atoms with Gasteiger partial charge in [-0.3, -0.25) is 19.2 Å². The molecule has 0 amide bonds. The molecule has 1 heterocycles. The summed E-state index contributed by atoms with van der Waals surface area (Å²) in [5.74, 6) is -5.23. The van der Waals surface area contributed by atoms with Crippen molar-refractivity contribution < 1.29 is 43.3 Å². The molecule has 1 saturated heterocycles. The van der Waals surface area contributed by atoms with Crippen LogP contribution in [0.25, 0.3) is 0 Å². The van der Waals surface area contributed by atoms with Gasteiger partial charge in [-0.1, -0.05) is 45.9 Å². The Labute approximate surface area is 226 Å². The van der Waals surface area contributed by atoms with Crippen LogP contribution in [0.1, 0.15) is 64.7 Å². The van der Waals surface area contributed by atoms with E-state index >= 15 is 0 Å². The molecule has 3 aliphatic carbocycles. The highest BCUT2D eigenvalue weighted by molar-refractivity contribution is 6.46. The maximum atomic E-state index is 14.3. The van der Waals surface area contributed by atoms with Crippen molar-refractivity contribution >= 4 is 29.3 Å². The molecule has 1 aliphatic heterocycles. The lowest BCUT2D eigenvalue weighted by Gasteiger charge is -2.66. The average molecular weight is 539 g/mol. The Balaban J connectivity index is 1.83. The first-order valence-corrected chi connectivity index (χ1v) is 13.3. The van der Waals surface area contributed by atoms with E-state index in [4.69, 9.17) is 14.2 Å². The highest BCUT2D eigenvalue weighted by atomic mass is 16.6. The van der Waals surface area contributed by atoms with Crippen LogP contribution in [0.15, 0.2) is 41.5 Å². The van der Waals surface area contributed by atoms with Crippen LogP contribution in [-0.4, -0.2) is 64.4 Å². The molecule has 1 aromatic carbocycles. The van der Waals surface area contributed by atoms with E-state index < -0.39 is 81.8 Å². The van der Waals surface area contributed by atoms with Gasteiger partial charge in [0.2, 0.25) is 11.6 Å². The van der Waals surface area contributed by atoms with E-state index in [1.165, 1.54) is 13.8 Å². The number of fused-ring (bicyclic) bond motifs is 5. The highest BCUT2D eigenvalue weighted by Gasteiger charge is 2.77. The Morgan fingerprint density at radius 2 is 1.72 bits per heavy atom. The molecule has 39 heavy (non-hydrogen) atoms. The molecule has 3 fully saturated rings. The molecule has 1 aromatic rings. The topological polar surface area (TPSA) is 133 Å². The molecule has 7 atom stereocenters. The molecular weight excluding hydrogens is 504 g/mol. The van der Waals surface area contributed by atoms with Crippen LogP contribution in [0.4, 0.5) is 0 Å². The Morgan fingerprint density at radius 1 is 1.08 bits per heavy atom. The Hall–Kier alpha value is -3.17. The first-order chi connectivity index (χ1) is 18.1. The number of rotatable bonds is 3. The lowest BCUT2D eigenvalue weighted by Crippen LogP contribution is -2.80. The van der Waals surface area contributed by atoms with Gasteiger partial charge in [0.25, 0.3) is 0 Å². The third-order valence-corrected chi connectivity index (χ3v) is 10.0. The number of ketones is 3. The van der Waals surface area contributed by atoms with Gasteiger partial charge in [-0.2, -0.15) is 0 Å². The van der Waals surface area contributed by atoms with E-state index in [1.807, 2.05) is 0 Å². The molecule has 1 N–H and O–H groups in total. The number of esters is 2. The minimum absolute atomic E-state index is 0.0765. The molecular formula is C30H34O9. The predicted molar refractivity (Wildman–Crippen MR) is 136 cm³/mol. The van der Waals surface area contributed by atoms with Crippen LogP contribution in [0.5, 0.6) is 0 Å². The van der Waals surface area contributed by atoms with Gasteiger partial charge in [0.05, 0.1) is 18.1 Å². The molecule has 0 radical (unpaired) electrons. The maximum Gasteiger partial charge on any atom is 0.338 e. The quantitative estimate of drug-likeness (QED) is 0.455. The van der Waals surface area contributed by atoms with E-state index in [2.05, 4.69) is 0 Å². The Morgan fingerprint density at radius 3 is 2.28 bits per heavy atom. The second-order valence-corrected chi connectivity index (χ2v) is 12.2. The van der Waals surface area contributed by atoms with Gasteiger partial charge in [-0.25, -0.2) is 4.79 Å². The molecule has 9 nitrogen and oxygen atoms in total. The van der Waals surface area contributed by atoms with Gasteiger partial charge >= 0.3 is 11.9 Å². The van der Waals surface area contributed by atoms with Crippen molar-refractivity contribution in [1.29, 1.82) is 0 Å². The van der Waals surface area contributed by atoms with Crippen molar-refractivity contribution in [3.05, 3.63) is 47.0 Å². The predicted octanol–water partition coefficient (Wildman–Crippen LogP) is 2.77. The monoisotopic (exact) mass is 538 g/mol. The summed E-state index contributed by atoms with van der Waals surface area (Å²) in [5, 5.41) is 12.6. The van der Waals surface area contributed by atoms with Gasteiger partial charge < -0.3 is 19.3 Å². The van der Waals surface area contributed by atoms with E-state index in [9.17, 15) is 29.1 Å². The van der Waals surface area contributed by atoms with Crippen molar-refractivity contribution in [1.82, 2.24) is 0 Å². The fourth-order valence-electron chi connectivity index (χ4n) is 7.56. The summed E-state index contributed by atoms with van der Waals surface area (Å²) < 4.78 is 17.9. The average Bonchev–Trinajstić information content (AvgIpc) is 2.87. The second kappa shape index (κ2) is 8.66. The Kier molecular flexibility index (Phi) is 6.09.